The molecule has 0 atom stereocenters. The maximum Gasteiger partial charge on any atom is 0.160 e. The topological polar surface area (TPSA) is 75.9 Å². The van der Waals surface area contributed by atoms with Gasteiger partial charge in [0.05, 0.1) is 12.4 Å². The number of anilines is 2. The lowest BCUT2D eigenvalue weighted by Crippen LogP contribution is -2.12. The van der Waals surface area contributed by atoms with Gasteiger partial charge in [-0.15, -0.1) is 0 Å². The Morgan fingerprint density at radius 1 is 1.17 bits per heavy atom. The molecule has 0 spiro atoms. The van der Waals surface area contributed by atoms with E-state index in [2.05, 4.69) is 20.7 Å². The molecule has 0 unspecified atom stereocenters. The van der Waals surface area contributed by atoms with Crippen LogP contribution in [0.25, 0.3) is 0 Å². The first-order valence-corrected chi connectivity index (χ1v) is 5.55. The summed E-state index contributed by atoms with van der Waals surface area (Å²) in [6.07, 6.45) is 3.68. The third-order valence-electron chi connectivity index (χ3n) is 2.44. The predicted molar refractivity (Wildman–Crippen MR) is 68.4 cm³/mol. The van der Waals surface area contributed by atoms with Gasteiger partial charge >= 0.3 is 0 Å². The zero-order chi connectivity index (χ0) is 12.8. The molecule has 0 aliphatic heterocycles. The number of rotatable bonds is 5. The second-order valence-corrected chi connectivity index (χ2v) is 3.70. The van der Waals surface area contributed by atoms with Crippen LogP contribution in [0, 0.1) is 5.82 Å². The molecule has 2 aromatic rings. The third kappa shape index (κ3) is 3.14. The van der Waals surface area contributed by atoms with E-state index in [-0.39, 0.29) is 5.82 Å². The Balaban J connectivity index is 1.90. The van der Waals surface area contributed by atoms with E-state index in [1.807, 2.05) is 6.07 Å². The van der Waals surface area contributed by atoms with Crippen LogP contribution in [0.15, 0.2) is 36.7 Å². The molecule has 1 heterocycles. The van der Waals surface area contributed by atoms with Gasteiger partial charge in [0, 0.05) is 6.54 Å². The number of nitrogens with zero attached hydrogens (tertiary/aromatic N) is 2. The van der Waals surface area contributed by atoms with E-state index in [1.165, 1.54) is 12.3 Å². The molecule has 5 nitrogen and oxygen atoms in total. The van der Waals surface area contributed by atoms with Crippen molar-refractivity contribution in [2.75, 3.05) is 17.3 Å². The summed E-state index contributed by atoms with van der Waals surface area (Å²) in [6.45, 7) is 0.573. The highest BCUT2D eigenvalue weighted by Crippen LogP contribution is 2.08. The average Bonchev–Trinajstić information content (AvgIpc) is 2.41. The number of hydrogen-bond acceptors (Lipinski definition) is 5. The van der Waals surface area contributed by atoms with Crippen LogP contribution in [0.1, 0.15) is 5.56 Å². The normalized spacial score (nSPS) is 10.1. The van der Waals surface area contributed by atoms with Crippen molar-refractivity contribution in [2.45, 2.75) is 6.42 Å². The predicted octanol–water partition coefficient (Wildman–Crippen LogP) is 1.56. The van der Waals surface area contributed by atoms with E-state index in [0.717, 1.165) is 0 Å². The lowest BCUT2D eigenvalue weighted by Gasteiger charge is -2.07. The summed E-state index contributed by atoms with van der Waals surface area (Å²) < 4.78 is 13.4. The number of hydrogen-bond donors (Lipinski definition) is 3. The minimum Gasteiger partial charge on any atom is -0.368 e. The Morgan fingerprint density at radius 2 is 1.94 bits per heavy atom. The highest BCUT2D eigenvalue weighted by molar-refractivity contribution is 5.40. The Hall–Kier alpha value is -2.21. The minimum absolute atomic E-state index is 0.192. The zero-order valence-electron chi connectivity index (χ0n) is 9.73. The summed E-state index contributed by atoms with van der Waals surface area (Å²) in [5, 5.41) is 3.06. The maximum atomic E-state index is 13.4. The van der Waals surface area contributed by atoms with Gasteiger partial charge in [-0.25, -0.2) is 15.2 Å². The quantitative estimate of drug-likeness (QED) is 0.552. The number of nitrogen functional groups attached to an aromatic ring is 1. The van der Waals surface area contributed by atoms with Gasteiger partial charge in [0.15, 0.2) is 5.82 Å². The molecule has 6 heteroatoms. The van der Waals surface area contributed by atoms with E-state index in [9.17, 15) is 4.39 Å². The summed E-state index contributed by atoms with van der Waals surface area (Å²) in [5.74, 6) is 6.11. The first-order chi connectivity index (χ1) is 8.79. The SMILES string of the molecule is NNc1cncc(NCCc2ccccc2F)n1. The maximum absolute atomic E-state index is 13.4. The van der Waals surface area contributed by atoms with Crippen molar-refractivity contribution in [3.63, 3.8) is 0 Å². The van der Waals surface area contributed by atoms with Gasteiger partial charge in [0.25, 0.3) is 0 Å². The molecular weight excluding hydrogens is 233 g/mol. The molecule has 1 aromatic heterocycles. The second-order valence-electron chi connectivity index (χ2n) is 3.70. The molecule has 0 aliphatic carbocycles. The molecule has 94 valence electrons. The zero-order valence-corrected chi connectivity index (χ0v) is 9.73. The molecule has 0 saturated carbocycles. The number of benzene rings is 1. The molecule has 1 aromatic carbocycles. The summed E-state index contributed by atoms with van der Waals surface area (Å²) >= 11 is 0. The molecule has 4 N–H and O–H groups in total. The number of hydrazine groups is 1. The molecule has 0 amide bonds. The largest absolute Gasteiger partial charge is 0.368 e. The number of aromatic nitrogens is 2. The molecule has 0 fully saturated rings. The standard InChI is InChI=1S/C12H14FN5/c13-10-4-2-1-3-9(10)5-6-16-11-7-15-8-12(17-11)18-14/h1-4,7-8H,5-6,14H2,(H2,16,17,18). The highest BCUT2D eigenvalue weighted by atomic mass is 19.1. The fourth-order valence-electron chi connectivity index (χ4n) is 1.55. The van der Waals surface area contributed by atoms with Crippen LogP contribution in [0.5, 0.6) is 0 Å². The van der Waals surface area contributed by atoms with Crippen LogP contribution in [0.2, 0.25) is 0 Å². The van der Waals surface area contributed by atoms with Crippen molar-refractivity contribution in [3.05, 3.63) is 48.0 Å². The van der Waals surface area contributed by atoms with Crippen LogP contribution >= 0.6 is 0 Å². The van der Waals surface area contributed by atoms with Gasteiger partial charge in [-0.05, 0) is 18.1 Å². The summed E-state index contributed by atoms with van der Waals surface area (Å²) in [6, 6.07) is 6.71. The van der Waals surface area contributed by atoms with Crippen molar-refractivity contribution in [1.82, 2.24) is 9.97 Å². The van der Waals surface area contributed by atoms with Crippen LogP contribution in [-0.4, -0.2) is 16.5 Å². The van der Waals surface area contributed by atoms with Crippen LogP contribution in [-0.2, 0) is 6.42 Å². The molecule has 0 bridgehead atoms. The van der Waals surface area contributed by atoms with Crippen molar-refractivity contribution < 1.29 is 4.39 Å². The Morgan fingerprint density at radius 3 is 2.72 bits per heavy atom. The second kappa shape index (κ2) is 5.92. The summed E-state index contributed by atoms with van der Waals surface area (Å²) in [4.78, 5) is 8.10. The van der Waals surface area contributed by atoms with Crippen LogP contribution < -0.4 is 16.6 Å². The highest BCUT2D eigenvalue weighted by Gasteiger charge is 2.01. The summed E-state index contributed by atoms with van der Waals surface area (Å²) in [5.41, 5.74) is 3.08. The fourth-order valence-corrected chi connectivity index (χ4v) is 1.55. The fraction of sp³-hybridized carbons (Fsp3) is 0.167. The number of nitrogens with two attached hydrogens (primary N) is 1. The van der Waals surface area contributed by atoms with Gasteiger partial charge in [-0.3, -0.25) is 4.98 Å². The lowest BCUT2D eigenvalue weighted by atomic mass is 10.1. The molecule has 2 rings (SSSR count). The molecule has 18 heavy (non-hydrogen) atoms. The first kappa shape index (κ1) is 12.3. The van der Waals surface area contributed by atoms with E-state index < -0.39 is 0 Å². The van der Waals surface area contributed by atoms with Gasteiger partial charge in [0.1, 0.15) is 11.6 Å². The van der Waals surface area contributed by atoms with Crippen LogP contribution in [0.4, 0.5) is 16.0 Å². The lowest BCUT2D eigenvalue weighted by molar-refractivity contribution is 0.610. The summed E-state index contributed by atoms with van der Waals surface area (Å²) in [7, 11) is 0. The van der Waals surface area contributed by atoms with Crippen LogP contribution in [0.3, 0.4) is 0 Å². The Labute approximate surface area is 104 Å². The van der Waals surface area contributed by atoms with E-state index >= 15 is 0 Å². The van der Waals surface area contributed by atoms with Gasteiger partial charge in [-0.1, -0.05) is 18.2 Å². The third-order valence-corrected chi connectivity index (χ3v) is 2.44. The van der Waals surface area contributed by atoms with Gasteiger partial charge in [0.2, 0.25) is 0 Å². The molecule has 0 radical (unpaired) electrons. The van der Waals surface area contributed by atoms with Crippen molar-refractivity contribution >= 4 is 11.6 Å². The number of nitrogens with one attached hydrogen (secondary N) is 2. The van der Waals surface area contributed by atoms with E-state index in [1.54, 1.807) is 18.3 Å². The Bertz CT molecular complexity index is 517. The molecular formula is C12H14FN5. The monoisotopic (exact) mass is 247 g/mol. The van der Waals surface area contributed by atoms with Crippen molar-refractivity contribution in [1.29, 1.82) is 0 Å². The van der Waals surface area contributed by atoms with Crippen molar-refractivity contribution in [2.24, 2.45) is 5.84 Å². The minimum atomic E-state index is -0.192. The van der Waals surface area contributed by atoms with E-state index in [4.69, 9.17) is 5.84 Å². The molecule has 0 saturated heterocycles. The van der Waals surface area contributed by atoms with Crippen molar-refractivity contribution in [3.8, 4) is 0 Å². The smallest absolute Gasteiger partial charge is 0.160 e. The number of halogens is 1. The van der Waals surface area contributed by atoms with Gasteiger partial charge in [-0.2, -0.15) is 0 Å². The average molecular weight is 247 g/mol. The first-order valence-electron chi connectivity index (χ1n) is 5.55. The Kier molecular flexibility index (Phi) is 4.03. The van der Waals surface area contributed by atoms with E-state index in [0.29, 0.717) is 30.2 Å². The van der Waals surface area contributed by atoms with Gasteiger partial charge < -0.3 is 10.7 Å². The molecule has 0 aliphatic rings.